The summed E-state index contributed by atoms with van der Waals surface area (Å²) in [5.41, 5.74) is 2.20. The molecule has 112 valence electrons. The molecule has 0 fully saturated rings. The first-order valence-corrected chi connectivity index (χ1v) is 8.02. The Hall–Kier alpha value is -2.20. The zero-order valence-electron chi connectivity index (χ0n) is 12.9. The van der Waals surface area contributed by atoms with Crippen LogP contribution in [-0.2, 0) is 10.2 Å². The second kappa shape index (κ2) is 5.54. The van der Waals surface area contributed by atoms with Crippen LogP contribution in [0, 0.1) is 6.92 Å². The first-order valence-electron chi connectivity index (χ1n) is 7.21. The Bertz CT molecular complexity index is 821. The molecule has 22 heavy (non-hydrogen) atoms. The first kappa shape index (κ1) is 14.7. The summed E-state index contributed by atoms with van der Waals surface area (Å²) in [6.07, 6.45) is 0. The Kier molecular flexibility index (Phi) is 3.71. The summed E-state index contributed by atoms with van der Waals surface area (Å²) >= 11 is 1.63. The number of anilines is 1. The Morgan fingerprint density at radius 3 is 2.59 bits per heavy atom. The van der Waals surface area contributed by atoms with Crippen LogP contribution in [0.15, 0.2) is 48.5 Å². The summed E-state index contributed by atoms with van der Waals surface area (Å²) in [5.74, 6) is -0.0145. The molecule has 1 N–H and O–H groups in total. The predicted octanol–water partition coefficient (Wildman–Crippen LogP) is 4.52. The average Bonchev–Trinajstić information content (AvgIpc) is 2.87. The Labute approximate surface area is 134 Å². The Morgan fingerprint density at radius 1 is 1.14 bits per heavy atom. The maximum atomic E-state index is 12.7. The molecule has 0 unspecified atom stereocenters. The van der Waals surface area contributed by atoms with E-state index in [4.69, 9.17) is 0 Å². The van der Waals surface area contributed by atoms with Gasteiger partial charge in [0.2, 0.25) is 5.91 Å². The molecule has 0 atom stereocenters. The highest BCUT2D eigenvalue weighted by Gasteiger charge is 2.29. The van der Waals surface area contributed by atoms with Crippen molar-refractivity contribution in [2.75, 3.05) is 5.32 Å². The number of carbonyl (C=O) groups is 1. The highest BCUT2D eigenvalue weighted by atomic mass is 32.1. The second-order valence-corrected chi connectivity index (χ2v) is 7.10. The number of amides is 1. The molecule has 0 spiro atoms. The fourth-order valence-electron chi connectivity index (χ4n) is 2.39. The second-order valence-electron chi connectivity index (χ2n) is 5.86. The van der Waals surface area contributed by atoms with E-state index in [-0.39, 0.29) is 5.91 Å². The van der Waals surface area contributed by atoms with Gasteiger partial charge in [-0.2, -0.15) is 0 Å². The molecule has 1 amide bonds. The van der Waals surface area contributed by atoms with Crippen molar-refractivity contribution in [3.8, 4) is 0 Å². The number of nitrogens with one attached hydrogen (secondary N) is 1. The van der Waals surface area contributed by atoms with E-state index in [0.29, 0.717) is 0 Å². The third-order valence-electron chi connectivity index (χ3n) is 3.82. The molecule has 2 aromatic carbocycles. The summed E-state index contributed by atoms with van der Waals surface area (Å²) in [7, 11) is 0. The molecule has 0 radical (unpaired) electrons. The van der Waals surface area contributed by atoms with Gasteiger partial charge in [-0.15, -0.1) is 11.3 Å². The van der Waals surface area contributed by atoms with E-state index in [1.54, 1.807) is 11.3 Å². The van der Waals surface area contributed by atoms with Crippen LogP contribution in [0.1, 0.15) is 24.4 Å². The van der Waals surface area contributed by atoms with Crippen LogP contribution in [0.4, 0.5) is 5.69 Å². The van der Waals surface area contributed by atoms with E-state index in [0.717, 1.165) is 26.5 Å². The van der Waals surface area contributed by atoms with Gasteiger partial charge in [0.15, 0.2) is 0 Å². The average molecular weight is 310 g/mol. The number of benzene rings is 2. The monoisotopic (exact) mass is 310 g/mol. The number of rotatable bonds is 3. The Morgan fingerprint density at radius 2 is 1.86 bits per heavy atom. The van der Waals surface area contributed by atoms with Crippen molar-refractivity contribution in [2.45, 2.75) is 26.2 Å². The molecule has 3 rings (SSSR count). The fourth-order valence-corrected chi connectivity index (χ4v) is 3.26. The van der Waals surface area contributed by atoms with Gasteiger partial charge >= 0.3 is 0 Å². The quantitative estimate of drug-likeness (QED) is 0.772. The number of aromatic nitrogens is 1. The van der Waals surface area contributed by atoms with Crippen molar-refractivity contribution in [3.05, 3.63) is 59.1 Å². The van der Waals surface area contributed by atoms with Crippen molar-refractivity contribution in [1.82, 2.24) is 4.98 Å². The number of fused-ring (bicyclic) bond motifs is 1. The van der Waals surface area contributed by atoms with Gasteiger partial charge in [0.05, 0.1) is 20.6 Å². The summed E-state index contributed by atoms with van der Waals surface area (Å²) in [5, 5.41) is 4.05. The van der Waals surface area contributed by atoms with E-state index in [2.05, 4.69) is 10.3 Å². The molecule has 0 bridgehead atoms. The lowest BCUT2D eigenvalue weighted by atomic mass is 9.83. The fraction of sp³-hybridized carbons (Fsp3) is 0.222. The minimum Gasteiger partial charge on any atom is -0.325 e. The molecule has 0 saturated carbocycles. The van der Waals surface area contributed by atoms with Crippen LogP contribution in [0.2, 0.25) is 0 Å². The van der Waals surface area contributed by atoms with Gasteiger partial charge in [-0.3, -0.25) is 4.79 Å². The third-order valence-corrected chi connectivity index (χ3v) is 4.75. The molecule has 3 aromatic rings. The molecule has 0 aliphatic heterocycles. The molecule has 1 heterocycles. The van der Waals surface area contributed by atoms with Gasteiger partial charge in [0.25, 0.3) is 0 Å². The largest absolute Gasteiger partial charge is 0.325 e. The van der Waals surface area contributed by atoms with Gasteiger partial charge in [-0.25, -0.2) is 4.98 Å². The van der Waals surface area contributed by atoms with Gasteiger partial charge in [-0.05, 0) is 44.5 Å². The minimum absolute atomic E-state index is 0.0145. The lowest BCUT2D eigenvalue weighted by Gasteiger charge is -2.24. The smallest absolute Gasteiger partial charge is 0.234 e. The van der Waals surface area contributed by atoms with Crippen molar-refractivity contribution in [1.29, 1.82) is 0 Å². The van der Waals surface area contributed by atoms with Crippen molar-refractivity contribution >= 4 is 33.1 Å². The minimum atomic E-state index is -0.583. The molecule has 0 aliphatic carbocycles. The van der Waals surface area contributed by atoms with Gasteiger partial charge in [0, 0.05) is 5.69 Å². The van der Waals surface area contributed by atoms with Crippen LogP contribution >= 0.6 is 11.3 Å². The highest BCUT2D eigenvalue weighted by Crippen LogP contribution is 2.28. The van der Waals surface area contributed by atoms with E-state index in [9.17, 15) is 4.79 Å². The van der Waals surface area contributed by atoms with Crippen molar-refractivity contribution < 1.29 is 4.79 Å². The normalized spacial score (nSPS) is 11.6. The summed E-state index contributed by atoms with van der Waals surface area (Å²) in [6, 6.07) is 15.7. The van der Waals surface area contributed by atoms with Crippen molar-refractivity contribution in [2.24, 2.45) is 0 Å². The summed E-state index contributed by atoms with van der Waals surface area (Å²) in [4.78, 5) is 17.1. The van der Waals surface area contributed by atoms with Crippen molar-refractivity contribution in [3.63, 3.8) is 0 Å². The van der Waals surface area contributed by atoms with E-state index >= 15 is 0 Å². The lowest BCUT2D eigenvalue weighted by Crippen LogP contribution is -2.34. The van der Waals surface area contributed by atoms with Gasteiger partial charge < -0.3 is 5.32 Å². The SMILES string of the molecule is Cc1nc2ccc(NC(=O)C(C)(C)c3ccccc3)cc2s1. The lowest BCUT2D eigenvalue weighted by molar-refractivity contribution is -0.120. The number of aryl methyl sites for hydroxylation is 1. The third kappa shape index (κ3) is 2.74. The highest BCUT2D eigenvalue weighted by molar-refractivity contribution is 7.18. The Balaban J connectivity index is 1.86. The molecule has 4 heteroatoms. The standard InChI is InChI=1S/C18H18N2OS/c1-12-19-15-10-9-14(11-16(15)22-12)20-17(21)18(2,3)13-7-5-4-6-8-13/h4-11H,1-3H3,(H,20,21). The topological polar surface area (TPSA) is 42.0 Å². The number of nitrogens with zero attached hydrogens (tertiary/aromatic N) is 1. The maximum Gasteiger partial charge on any atom is 0.234 e. The van der Waals surface area contributed by atoms with Crippen LogP contribution < -0.4 is 5.32 Å². The molecule has 0 saturated heterocycles. The van der Waals surface area contributed by atoms with Gasteiger partial charge in [-0.1, -0.05) is 30.3 Å². The van der Waals surface area contributed by atoms with E-state index in [1.807, 2.05) is 69.3 Å². The molecular formula is C18H18N2OS. The number of carbonyl (C=O) groups excluding carboxylic acids is 1. The van der Waals surface area contributed by atoms with Gasteiger partial charge in [0.1, 0.15) is 0 Å². The van der Waals surface area contributed by atoms with Crippen LogP contribution in [0.5, 0.6) is 0 Å². The maximum absolute atomic E-state index is 12.7. The summed E-state index contributed by atoms with van der Waals surface area (Å²) < 4.78 is 1.09. The number of hydrogen-bond acceptors (Lipinski definition) is 3. The van der Waals surface area contributed by atoms with E-state index in [1.165, 1.54) is 0 Å². The number of thiazole rings is 1. The zero-order valence-corrected chi connectivity index (χ0v) is 13.7. The number of hydrogen-bond donors (Lipinski definition) is 1. The van der Waals surface area contributed by atoms with Crippen LogP contribution in [0.25, 0.3) is 10.2 Å². The first-order chi connectivity index (χ1) is 10.5. The predicted molar refractivity (Wildman–Crippen MR) is 92.5 cm³/mol. The molecule has 3 nitrogen and oxygen atoms in total. The summed E-state index contributed by atoms with van der Waals surface area (Å²) in [6.45, 7) is 5.86. The van der Waals surface area contributed by atoms with Crippen LogP contribution in [-0.4, -0.2) is 10.9 Å². The molecular weight excluding hydrogens is 292 g/mol. The zero-order chi connectivity index (χ0) is 15.7. The molecule has 0 aliphatic rings. The van der Waals surface area contributed by atoms with Crippen LogP contribution in [0.3, 0.4) is 0 Å². The van der Waals surface area contributed by atoms with E-state index < -0.39 is 5.41 Å². The molecule has 1 aromatic heterocycles.